The number of unbranched alkanes of at least 4 members (excludes halogenated alkanes) is 2. The van der Waals surface area contributed by atoms with Gasteiger partial charge in [-0.05, 0) is 25.0 Å². The lowest BCUT2D eigenvalue weighted by molar-refractivity contribution is -0.137. The molecule has 0 bridgehead atoms. The first-order chi connectivity index (χ1) is 9.54. The molecule has 0 spiro atoms. The molecule has 110 valence electrons. The van der Waals surface area contributed by atoms with Crippen LogP contribution in [0.5, 0.6) is 5.75 Å². The van der Waals surface area contributed by atoms with E-state index in [4.69, 9.17) is 15.6 Å². The summed E-state index contributed by atoms with van der Waals surface area (Å²) in [5.74, 6) is -0.575. The molecule has 0 atom stereocenters. The first-order valence-electron chi connectivity index (χ1n) is 6.48. The first kappa shape index (κ1) is 15.8. The number of hydrogen-bond acceptors (Lipinski definition) is 4. The third-order valence-electron chi connectivity index (χ3n) is 2.82. The third-order valence-corrected chi connectivity index (χ3v) is 2.82. The number of hydrogen-bond donors (Lipinski definition) is 3. The maximum atomic E-state index is 12.0. The molecule has 6 heteroatoms. The summed E-state index contributed by atoms with van der Waals surface area (Å²) in [7, 11) is 1.48. The van der Waals surface area contributed by atoms with Crippen molar-refractivity contribution in [3.8, 4) is 5.75 Å². The van der Waals surface area contributed by atoms with E-state index in [1.54, 1.807) is 18.2 Å². The van der Waals surface area contributed by atoms with E-state index < -0.39 is 5.97 Å². The van der Waals surface area contributed by atoms with Crippen molar-refractivity contribution in [3.05, 3.63) is 23.8 Å². The van der Waals surface area contributed by atoms with Crippen LogP contribution in [0.2, 0.25) is 0 Å². The Morgan fingerprint density at radius 1 is 1.30 bits per heavy atom. The van der Waals surface area contributed by atoms with Gasteiger partial charge in [0.25, 0.3) is 5.91 Å². The van der Waals surface area contributed by atoms with Crippen molar-refractivity contribution in [1.29, 1.82) is 0 Å². The number of carboxylic acids is 1. The highest BCUT2D eigenvalue weighted by Crippen LogP contribution is 2.21. The van der Waals surface area contributed by atoms with E-state index in [0.717, 1.165) is 12.8 Å². The van der Waals surface area contributed by atoms with Crippen molar-refractivity contribution < 1.29 is 19.4 Å². The summed E-state index contributed by atoms with van der Waals surface area (Å²) in [4.78, 5) is 22.3. The van der Waals surface area contributed by atoms with E-state index >= 15 is 0 Å². The van der Waals surface area contributed by atoms with Crippen molar-refractivity contribution in [3.63, 3.8) is 0 Å². The maximum Gasteiger partial charge on any atom is 0.303 e. The number of methoxy groups -OCH3 is 1. The van der Waals surface area contributed by atoms with Crippen LogP contribution in [-0.4, -0.2) is 30.6 Å². The average molecular weight is 280 g/mol. The Hall–Kier alpha value is -2.24. The number of carboxylic acid groups (broad SMARTS) is 1. The van der Waals surface area contributed by atoms with Crippen LogP contribution in [0.15, 0.2) is 18.2 Å². The van der Waals surface area contributed by atoms with Crippen LogP contribution in [0.4, 0.5) is 5.69 Å². The van der Waals surface area contributed by atoms with Crippen molar-refractivity contribution in [2.24, 2.45) is 0 Å². The van der Waals surface area contributed by atoms with E-state index in [0.29, 0.717) is 30.0 Å². The maximum absolute atomic E-state index is 12.0. The van der Waals surface area contributed by atoms with E-state index in [1.807, 2.05) is 0 Å². The molecule has 0 aliphatic heterocycles. The SMILES string of the molecule is COc1cc(N)ccc1C(=O)NCCCCCC(=O)O. The summed E-state index contributed by atoms with van der Waals surface area (Å²) in [6.45, 7) is 0.506. The molecule has 6 nitrogen and oxygen atoms in total. The molecule has 0 radical (unpaired) electrons. The van der Waals surface area contributed by atoms with E-state index in [-0.39, 0.29) is 12.3 Å². The second-order valence-corrected chi connectivity index (χ2v) is 4.42. The van der Waals surface area contributed by atoms with Crippen LogP contribution in [0, 0.1) is 0 Å². The fourth-order valence-electron chi connectivity index (χ4n) is 1.77. The number of amides is 1. The number of benzene rings is 1. The van der Waals surface area contributed by atoms with Gasteiger partial charge in [0.05, 0.1) is 12.7 Å². The molecule has 20 heavy (non-hydrogen) atoms. The molecular formula is C14H20N2O4. The summed E-state index contributed by atoms with van der Waals surface area (Å²) in [5.41, 5.74) is 6.59. The van der Waals surface area contributed by atoms with Gasteiger partial charge < -0.3 is 20.9 Å². The molecule has 0 aromatic heterocycles. The summed E-state index contributed by atoms with van der Waals surface area (Å²) >= 11 is 0. The number of rotatable bonds is 8. The zero-order valence-corrected chi connectivity index (χ0v) is 11.5. The number of nitrogens with one attached hydrogen (secondary N) is 1. The number of nitrogen functional groups attached to an aromatic ring is 1. The molecule has 0 aliphatic carbocycles. The minimum Gasteiger partial charge on any atom is -0.496 e. The lowest BCUT2D eigenvalue weighted by atomic mass is 10.1. The molecular weight excluding hydrogens is 260 g/mol. The Morgan fingerprint density at radius 3 is 2.70 bits per heavy atom. The Bertz CT molecular complexity index is 474. The summed E-state index contributed by atoms with van der Waals surface area (Å²) in [5, 5.41) is 11.3. The third kappa shape index (κ3) is 5.17. The topological polar surface area (TPSA) is 102 Å². The van der Waals surface area contributed by atoms with E-state index in [2.05, 4.69) is 5.32 Å². The summed E-state index contributed by atoms with van der Waals surface area (Å²) < 4.78 is 5.11. The smallest absolute Gasteiger partial charge is 0.303 e. The predicted octanol–water partition coefficient (Wildman–Crippen LogP) is 1.65. The number of nitrogens with two attached hydrogens (primary N) is 1. The molecule has 1 rings (SSSR count). The zero-order valence-electron chi connectivity index (χ0n) is 11.5. The van der Waals surface area contributed by atoms with Crippen molar-refractivity contribution in [1.82, 2.24) is 5.32 Å². The Labute approximate surface area is 117 Å². The van der Waals surface area contributed by atoms with Gasteiger partial charge in [0.1, 0.15) is 5.75 Å². The van der Waals surface area contributed by atoms with Gasteiger partial charge in [0.2, 0.25) is 0 Å². The number of ether oxygens (including phenoxy) is 1. The van der Waals surface area contributed by atoms with Crippen molar-refractivity contribution in [2.75, 3.05) is 19.4 Å². The normalized spacial score (nSPS) is 10.1. The van der Waals surface area contributed by atoms with Crippen LogP contribution in [0.3, 0.4) is 0 Å². The van der Waals surface area contributed by atoms with Gasteiger partial charge in [-0.1, -0.05) is 6.42 Å². The van der Waals surface area contributed by atoms with E-state index in [9.17, 15) is 9.59 Å². The molecule has 0 saturated carbocycles. The summed E-state index contributed by atoms with van der Waals surface area (Å²) in [6, 6.07) is 4.86. The average Bonchev–Trinajstić information content (AvgIpc) is 2.41. The fraction of sp³-hybridized carbons (Fsp3) is 0.429. The van der Waals surface area contributed by atoms with Gasteiger partial charge in [0.15, 0.2) is 0 Å². The predicted molar refractivity (Wildman–Crippen MR) is 75.8 cm³/mol. The highest BCUT2D eigenvalue weighted by Gasteiger charge is 2.11. The van der Waals surface area contributed by atoms with E-state index in [1.165, 1.54) is 7.11 Å². The number of carbonyl (C=O) groups excluding carboxylic acids is 1. The Morgan fingerprint density at radius 2 is 2.05 bits per heavy atom. The van der Waals surface area contributed by atoms with Crippen LogP contribution >= 0.6 is 0 Å². The standard InChI is InChI=1S/C14H20N2O4/c1-20-12-9-10(15)6-7-11(12)14(19)16-8-4-2-3-5-13(17)18/h6-7,9H,2-5,8,15H2,1H3,(H,16,19)(H,17,18). The second-order valence-electron chi connectivity index (χ2n) is 4.42. The molecule has 0 unspecified atom stereocenters. The Balaban J connectivity index is 2.38. The molecule has 0 aliphatic rings. The summed E-state index contributed by atoms with van der Waals surface area (Å²) in [6.07, 6.45) is 2.30. The lowest BCUT2D eigenvalue weighted by Gasteiger charge is -2.09. The molecule has 1 amide bonds. The fourth-order valence-corrected chi connectivity index (χ4v) is 1.77. The molecule has 0 saturated heterocycles. The molecule has 1 aromatic carbocycles. The Kier molecular flexibility index (Phi) is 6.36. The van der Waals surface area contributed by atoms with Crippen molar-refractivity contribution >= 4 is 17.6 Å². The zero-order chi connectivity index (χ0) is 15.0. The lowest BCUT2D eigenvalue weighted by Crippen LogP contribution is -2.25. The van der Waals surface area contributed by atoms with Gasteiger partial charge in [-0.3, -0.25) is 9.59 Å². The molecule has 1 aromatic rings. The quantitative estimate of drug-likeness (QED) is 0.496. The van der Waals surface area contributed by atoms with Gasteiger partial charge in [-0.25, -0.2) is 0 Å². The highest BCUT2D eigenvalue weighted by molar-refractivity contribution is 5.97. The van der Waals surface area contributed by atoms with Gasteiger partial charge in [-0.2, -0.15) is 0 Å². The van der Waals surface area contributed by atoms with Crippen LogP contribution in [0.1, 0.15) is 36.0 Å². The van der Waals surface area contributed by atoms with Gasteiger partial charge in [0, 0.05) is 24.7 Å². The largest absolute Gasteiger partial charge is 0.496 e. The van der Waals surface area contributed by atoms with Crippen LogP contribution in [0.25, 0.3) is 0 Å². The monoisotopic (exact) mass is 280 g/mol. The minimum absolute atomic E-state index is 0.166. The van der Waals surface area contributed by atoms with Crippen LogP contribution in [-0.2, 0) is 4.79 Å². The minimum atomic E-state index is -0.791. The molecule has 0 fully saturated rings. The molecule has 4 N–H and O–H groups in total. The highest BCUT2D eigenvalue weighted by atomic mass is 16.5. The van der Waals surface area contributed by atoms with Gasteiger partial charge >= 0.3 is 5.97 Å². The van der Waals surface area contributed by atoms with Crippen molar-refractivity contribution in [2.45, 2.75) is 25.7 Å². The van der Waals surface area contributed by atoms with Gasteiger partial charge in [-0.15, -0.1) is 0 Å². The first-order valence-corrected chi connectivity index (χ1v) is 6.48. The molecule has 0 heterocycles. The number of carbonyl (C=O) groups is 2. The number of aliphatic carboxylic acids is 1. The second kappa shape index (κ2) is 8.04. The van der Waals surface area contributed by atoms with Crippen LogP contribution < -0.4 is 15.8 Å². The number of anilines is 1.